The zero-order valence-corrected chi connectivity index (χ0v) is 16.6. The van der Waals surface area contributed by atoms with Crippen LogP contribution in [0.15, 0.2) is 16.9 Å². The van der Waals surface area contributed by atoms with E-state index in [4.69, 9.17) is 4.74 Å². The summed E-state index contributed by atoms with van der Waals surface area (Å²) in [5, 5.41) is 11.1. The molecular weight excluding hydrogens is 429 g/mol. The maximum atomic E-state index is 13.0. The van der Waals surface area contributed by atoms with Crippen molar-refractivity contribution in [2.45, 2.75) is 13.1 Å². The van der Waals surface area contributed by atoms with Gasteiger partial charge in [-0.05, 0) is 13.0 Å². The number of aromatic nitrogens is 1. The van der Waals surface area contributed by atoms with Crippen LogP contribution in [0.3, 0.4) is 0 Å². The smallest absolute Gasteiger partial charge is 0.416 e. The number of alkyl halides is 3. The van der Waals surface area contributed by atoms with E-state index in [9.17, 15) is 32.9 Å². The van der Waals surface area contributed by atoms with Gasteiger partial charge in [-0.15, -0.1) is 0 Å². The monoisotopic (exact) mass is 446 g/mol. The van der Waals surface area contributed by atoms with Crippen LogP contribution in [0.4, 0.5) is 24.0 Å². The summed E-state index contributed by atoms with van der Waals surface area (Å²) >= 11 is 0.801. The number of hydrogen-bond donors (Lipinski definition) is 0. The van der Waals surface area contributed by atoms with Crippen LogP contribution in [0, 0.1) is 10.1 Å². The van der Waals surface area contributed by atoms with Crippen LogP contribution in [0.1, 0.15) is 12.5 Å². The number of nitro groups is 1. The minimum absolute atomic E-state index is 0.120. The molecule has 3 rings (SSSR count). The Morgan fingerprint density at radius 2 is 1.97 bits per heavy atom. The second-order valence-electron chi connectivity index (χ2n) is 6.50. The van der Waals surface area contributed by atoms with Gasteiger partial charge in [0.1, 0.15) is 4.70 Å². The van der Waals surface area contributed by atoms with Gasteiger partial charge in [0.2, 0.25) is 0 Å². The molecule has 9 nitrogen and oxygen atoms in total. The number of carbonyl (C=O) groups is 1. The number of hydrogen-bond acceptors (Lipinski definition) is 9. The quantitative estimate of drug-likeness (QED) is 0.391. The highest BCUT2D eigenvalue weighted by Gasteiger charge is 2.34. The van der Waals surface area contributed by atoms with Crippen molar-refractivity contribution in [2.24, 2.45) is 0 Å². The topological polar surface area (TPSA) is 106 Å². The van der Waals surface area contributed by atoms with Crippen molar-refractivity contribution in [1.29, 1.82) is 0 Å². The summed E-state index contributed by atoms with van der Waals surface area (Å²) < 4.78 is 43.9. The Hall–Kier alpha value is -2.80. The molecule has 2 heterocycles. The fourth-order valence-electron chi connectivity index (χ4n) is 3.06. The first-order valence-corrected chi connectivity index (χ1v) is 9.75. The molecule has 0 amide bonds. The van der Waals surface area contributed by atoms with Crippen LogP contribution in [-0.2, 0) is 15.7 Å². The van der Waals surface area contributed by atoms with E-state index in [0.717, 1.165) is 11.3 Å². The summed E-state index contributed by atoms with van der Waals surface area (Å²) in [6, 6.07) is 1.02. The molecule has 1 aromatic carbocycles. The van der Waals surface area contributed by atoms with Crippen molar-refractivity contribution in [2.75, 3.05) is 44.2 Å². The summed E-state index contributed by atoms with van der Waals surface area (Å²) in [5.74, 6) is -0.351. The summed E-state index contributed by atoms with van der Waals surface area (Å²) in [5.41, 5.74) is -3.01. The third kappa shape index (κ3) is 4.67. The van der Waals surface area contributed by atoms with E-state index in [1.54, 1.807) is 11.8 Å². The van der Waals surface area contributed by atoms with Gasteiger partial charge in [0.15, 0.2) is 5.13 Å². The van der Waals surface area contributed by atoms with E-state index in [0.29, 0.717) is 38.3 Å². The number of benzene rings is 1. The lowest BCUT2D eigenvalue weighted by molar-refractivity contribution is -0.383. The third-order valence-corrected chi connectivity index (χ3v) is 5.68. The predicted molar refractivity (Wildman–Crippen MR) is 103 cm³/mol. The standard InChI is InChI=1S/C17H17F3N4O5S/c1-2-29-13(25)9-22-3-5-23(6-4-22)16-21-15(26)11-7-10(17(18,19)20)8-12(24(27)28)14(11)30-16/h7-8H,2-6,9H2,1H3. The van der Waals surface area contributed by atoms with Gasteiger partial charge >= 0.3 is 12.1 Å². The molecule has 1 fully saturated rings. The molecule has 0 N–H and O–H groups in total. The average Bonchev–Trinajstić information content (AvgIpc) is 2.67. The first-order chi connectivity index (χ1) is 14.1. The maximum absolute atomic E-state index is 13.0. The van der Waals surface area contributed by atoms with Gasteiger partial charge in [0.05, 0.1) is 29.0 Å². The Morgan fingerprint density at radius 3 is 2.53 bits per heavy atom. The highest BCUT2D eigenvalue weighted by atomic mass is 32.1. The number of anilines is 1. The van der Waals surface area contributed by atoms with Crippen LogP contribution in [-0.4, -0.2) is 60.1 Å². The molecule has 1 aliphatic rings. The van der Waals surface area contributed by atoms with E-state index in [2.05, 4.69) is 4.98 Å². The number of esters is 1. The Bertz CT molecular complexity index is 1030. The minimum atomic E-state index is -4.83. The lowest BCUT2D eigenvalue weighted by Gasteiger charge is -2.34. The van der Waals surface area contributed by atoms with Crippen molar-refractivity contribution >= 4 is 38.2 Å². The van der Waals surface area contributed by atoms with Crippen LogP contribution >= 0.6 is 11.3 Å². The molecule has 30 heavy (non-hydrogen) atoms. The first kappa shape index (κ1) is 21.9. The SMILES string of the molecule is CCOC(=O)CN1CCN(c2nc(=O)c3cc(C(F)(F)F)cc([N+](=O)[O-])c3s2)CC1. The molecule has 13 heteroatoms. The van der Waals surface area contributed by atoms with Crippen molar-refractivity contribution in [3.8, 4) is 0 Å². The molecule has 0 spiro atoms. The van der Waals surface area contributed by atoms with E-state index in [1.165, 1.54) is 0 Å². The molecule has 1 aliphatic heterocycles. The number of piperazine rings is 1. The Balaban J connectivity index is 1.90. The normalized spacial score (nSPS) is 15.4. The van der Waals surface area contributed by atoms with Gasteiger partial charge in [0, 0.05) is 32.2 Å². The first-order valence-electron chi connectivity index (χ1n) is 8.93. The van der Waals surface area contributed by atoms with Crippen LogP contribution in [0.5, 0.6) is 0 Å². The van der Waals surface area contributed by atoms with E-state index < -0.39 is 33.3 Å². The zero-order valence-electron chi connectivity index (χ0n) is 15.8. The van der Waals surface area contributed by atoms with Crippen molar-refractivity contribution in [3.05, 3.63) is 38.2 Å². The third-order valence-electron chi connectivity index (χ3n) is 4.52. The Labute approximate surface area is 171 Å². The number of carbonyl (C=O) groups excluding carboxylic acids is 1. The molecule has 0 atom stereocenters. The molecule has 0 unspecified atom stereocenters. The highest BCUT2D eigenvalue weighted by molar-refractivity contribution is 7.22. The number of halogens is 3. The molecule has 2 aromatic rings. The number of nitro benzene ring substituents is 1. The van der Waals surface area contributed by atoms with Crippen molar-refractivity contribution in [1.82, 2.24) is 9.88 Å². The fourth-order valence-corrected chi connectivity index (χ4v) is 4.18. The van der Waals surface area contributed by atoms with Crippen LogP contribution in [0.25, 0.3) is 10.1 Å². The summed E-state index contributed by atoms with van der Waals surface area (Å²) in [6.45, 7) is 3.82. The maximum Gasteiger partial charge on any atom is 0.416 e. The van der Waals surface area contributed by atoms with Crippen LogP contribution in [0.2, 0.25) is 0 Å². The number of rotatable bonds is 5. The van der Waals surface area contributed by atoms with Crippen LogP contribution < -0.4 is 10.5 Å². The zero-order chi connectivity index (χ0) is 22.1. The van der Waals surface area contributed by atoms with Gasteiger partial charge in [-0.2, -0.15) is 18.2 Å². The number of nitrogens with zero attached hydrogens (tertiary/aromatic N) is 4. The van der Waals surface area contributed by atoms with Gasteiger partial charge < -0.3 is 9.64 Å². The lowest BCUT2D eigenvalue weighted by atomic mass is 10.1. The van der Waals surface area contributed by atoms with E-state index in [-0.39, 0.29) is 29.0 Å². The van der Waals surface area contributed by atoms with Gasteiger partial charge in [-0.25, -0.2) is 0 Å². The molecule has 1 aromatic heterocycles. The molecule has 162 valence electrons. The van der Waals surface area contributed by atoms with Crippen molar-refractivity contribution in [3.63, 3.8) is 0 Å². The largest absolute Gasteiger partial charge is 0.465 e. The average molecular weight is 446 g/mol. The number of non-ortho nitro benzene ring substituents is 1. The van der Waals surface area contributed by atoms with E-state index >= 15 is 0 Å². The summed E-state index contributed by atoms with van der Waals surface area (Å²) in [7, 11) is 0. The fraction of sp³-hybridized carbons (Fsp3) is 0.471. The molecule has 0 bridgehead atoms. The van der Waals surface area contributed by atoms with Crippen molar-refractivity contribution < 1.29 is 27.6 Å². The van der Waals surface area contributed by atoms with E-state index in [1.807, 2.05) is 4.90 Å². The lowest BCUT2D eigenvalue weighted by Crippen LogP contribution is -2.48. The second kappa shape index (κ2) is 8.52. The number of ether oxygens (including phenoxy) is 1. The predicted octanol–water partition coefficient (Wildman–Crippen LogP) is 2.27. The summed E-state index contributed by atoms with van der Waals surface area (Å²) in [4.78, 5) is 41.8. The van der Waals surface area contributed by atoms with Gasteiger partial charge in [-0.1, -0.05) is 11.3 Å². The minimum Gasteiger partial charge on any atom is -0.465 e. The highest BCUT2D eigenvalue weighted by Crippen LogP contribution is 2.38. The van der Waals surface area contributed by atoms with Gasteiger partial charge in [-0.3, -0.25) is 24.6 Å². The molecular formula is C17H17F3N4O5S. The number of fused-ring (bicyclic) bond motifs is 1. The second-order valence-corrected chi connectivity index (χ2v) is 7.47. The Kier molecular flexibility index (Phi) is 6.22. The Morgan fingerprint density at radius 1 is 1.30 bits per heavy atom. The summed E-state index contributed by atoms with van der Waals surface area (Å²) in [6.07, 6.45) is -4.83. The molecule has 0 aliphatic carbocycles. The molecule has 1 saturated heterocycles. The molecule has 0 saturated carbocycles. The van der Waals surface area contributed by atoms with Gasteiger partial charge in [0.25, 0.3) is 11.2 Å². The molecule has 0 radical (unpaired) electrons.